The molecule has 6 heteroatoms. The average Bonchev–Trinajstić information content (AvgIpc) is 2.70. The van der Waals surface area contributed by atoms with Crippen molar-refractivity contribution in [1.29, 1.82) is 0 Å². The van der Waals surface area contributed by atoms with Gasteiger partial charge in [-0.1, -0.05) is 53.0 Å². The van der Waals surface area contributed by atoms with Gasteiger partial charge in [0.25, 0.3) is 0 Å². The zero-order chi connectivity index (χ0) is 20.8. The third-order valence-electron chi connectivity index (χ3n) is 4.29. The van der Waals surface area contributed by atoms with Gasteiger partial charge in [0.15, 0.2) is 11.5 Å². The van der Waals surface area contributed by atoms with Gasteiger partial charge in [-0.2, -0.15) is 0 Å². The number of benzene rings is 3. The van der Waals surface area contributed by atoms with Gasteiger partial charge in [-0.15, -0.1) is 0 Å². The Morgan fingerprint density at radius 1 is 0.897 bits per heavy atom. The lowest BCUT2D eigenvalue weighted by Gasteiger charge is -2.16. The van der Waals surface area contributed by atoms with Crippen molar-refractivity contribution in [1.82, 2.24) is 0 Å². The highest BCUT2D eigenvalue weighted by molar-refractivity contribution is 9.10. The highest BCUT2D eigenvalue weighted by Crippen LogP contribution is 2.38. The highest BCUT2D eigenvalue weighted by atomic mass is 79.9. The van der Waals surface area contributed by atoms with Gasteiger partial charge >= 0.3 is 0 Å². The molecule has 0 aliphatic heterocycles. The van der Waals surface area contributed by atoms with Gasteiger partial charge in [0.2, 0.25) is 0 Å². The Morgan fingerprint density at radius 2 is 1.66 bits per heavy atom. The van der Waals surface area contributed by atoms with Crippen LogP contribution in [0.1, 0.15) is 23.6 Å². The van der Waals surface area contributed by atoms with Crippen LogP contribution in [0.3, 0.4) is 0 Å². The molecule has 0 fully saturated rings. The van der Waals surface area contributed by atoms with Crippen LogP contribution in [0, 0.1) is 6.92 Å². The van der Waals surface area contributed by atoms with Gasteiger partial charge in [-0.3, -0.25) is 0 Å². The normalized spacial score (nSPS) is 10.7. The first kappa shape index (κ1) is 21.8. The molecule has 0 aliphatic rings. The number of ether oxygens (including phenoxy) is 2. The van der Waals surface area contributed by atoms with E-state index in [0.29, 0.717) is 41.3 Å². The molecule has 0 atom stereocenters. The van der Waals surface area contributed by atoms with E-state index in [4.69, 9.17) is 32.7 Å². The van der Waals surface area contributed by atoms with Crippen LogP contribution >= 0.6 is 39.1 Å². The summed E-state index contributed by atoms with van der Waals surface area (Å²) in [5.74, 6) is 1.41. The molecule has 0 amide bonds. The lowest BCUT2D eigenvalue weighted by molar-refractivity contribution is 0.267. The molecule has 3 nitrogen and oxygen atoms in total. The average molecular weight is 495 g/mol. The van der Waals surface area contributed by atoms with Gasteiger partial charge in [0.1, 0.15) is 6.61 Å². The standard InChI is InChI=1S/C23H22BrCl2NO2/c1-3-28-22-11-17(13-27-18-8-9-20(25)21(26)12-18)10-19(24)23(22)29-14-16-6-4-15(2)5-7-16/h4-12,27H,3,13-14H2,1-2H3. The van der Waals surface area contributed by atoms with Crippen LogP contribution in [-0.4, -0.2) is 6.61 Å². The fraction of sp³-hybridized carbons (Fsp3) is 0.217. The Bertz CT molecular complexity index is 977. The van der Waals surface area contributed by atoms with E-state index in [-0.39, 0.29) is 0 Å². The second kappa shape index (κ2) is 10.2. The molecule has 0 saturated heterocycles. The molecule has 3 rings (SSSR count). The number of nitrogens with one attached hydrogen (secondary N) is 1. The molecular formula is C23H22BrCl2NO2. The van der Waals surface area contributed by atoms with E-state index in [9.17, 15) is 0 Å². The van der Waals surface area contributed by atoms with Crippen molar-refractivity contribution in [3.63, 3.8) is 0 Å². The molecule has 3 aromatic carbocycles. The van der Waals surface area contributed by atoms with Crippen molar-refractivity contribution in [2.45, 2.75) is 27.0 Å². The zero-order valence-electron chi connectivity index (χ0n) is 16.3. The molecule has 0 aromatic heterocycles. The number of halogens is 3. The molecule has 0 heterocycles. The fourth-order valence-corrected chi connectivity index (χ4v) is 3.68. The first-order valence-corrected chi connectivity index (χ1v) is 10.8. The van der Waals surface area contributed by atoms with Gasteiger partial charge in [0, 0.05) is 12.2 Å². The van der Waals surface area contributed by atoms with E-state index in [1.54, 1.807) is 12.1 Å². The zero-order valence-corrected chi connectivity index (χ0v) is 19.4. The van der Waals surface area contributed by atoms with Crippen LogP contribution in [0.2, 0.25) is 10.0 Å². The Hall–Kier alpha value is -1.88. The molecule has 0 aliphatic carbocycles. The number of hydrogen-bond acceptors (Lipinski definition) is 3. The largest absolute Gasteiger partial charge is 0.490 e. The second-order valence-electron chi connectivity index (χ2n) is 6.59. The molecule has 152 valence electrons. The van der Waals surface area contributed by atoms with Gasteiger partial charge in [0.05, 0.1) is 21.1 Å². The Morgan fingerprint density at radius 3 is 2.34 bits per heavy atom. The van der Waals surface area contributed by atoms with E-state index in [1.165, 1.54) is 5.56 Å². The van der Waals surface area contributed by atoms with Gasteiger partial charge in [-0.05, 0) is 71.2 Å². The minimum absolute atomic E-state index is 0.472. The Kier molecular flexibility index (Phi) is 7.70. The summed E-state index contributed by atoms with van der Waals surface area (Å²) in [6.07, 6.45) is 0. The van der Waals surface area contributed by atoms with Crippen LogP contribution in [0.5, 0.6) is 11.5 Å². The second-order valence-corrected chi connectivity index (χ2v) is 8.26. The van der Waals surface area contributed by atoms with Crippen molar-refractivity contribution in [2.24, 2.45) is 0 Å². The summed E-state index contributed by atoms with van der Waals surface area (Å²) < 4.78 is 12.7. The predicted octanol–water partition coefficient (Wildman–Crippen LogP) is 7.65. The Balaban J connectivity index is 1.74. The summed E-state index contributed by atoms with van der Waals surface area (Å²) in [7, 11) is 0. The lowest BCUT2D eigenvalue weighted by atomic mass is 10.1. The number of anilines is 1. The topological polar surface area (TPSA) is 30.5 Å². The van der Waals surface area contributed by atoms with E-state index < -0.39 is 0 Å². The van der Waals surface area contributed by atoms with E-state index >= 15 is 0 Å². The van der Waals surface area contributed by atoms with Crippen molar-refractivity contribution in [3.8, 4) is 11.5 Å². The summed E-state index contributed by atoms with van der Waals surface area (Å²) in [5.41, 5.74) is 4.28. The monoisotopic (exact) mass is 493 g/mol. The molecule has 0 saturated carbocycles. The van der Waals surface area contributed by atoms with E-state index in [0.717, 1.165) is 21.3 Å². The first-order chi connectivity index (χ1) is 14.0. The van der Waals surface area contributed by atoms with Gasteiger partial charge in [-0.25, -0.2) is 0 Å². The fourth-order valence-electron chi connectivity index (χ4n) is 2.78. The van der Waals surface area contributed by atoms with E-state index in [1.807, 2.05) is 25.1 Å². The molecule has 29 heavy (non-hydrogen) atoms. The molecule has 3 aromatic rings. The molecule has 0 bridgehead atoms. The van der Waals surface area contributed by atoms with Gasteiger partial charge < -0.3 is 14.8 Å². The minimum atomic E-state index is 0.472. The summed E-state index contributed by atoms with van der Waals surface area (Å²) in [4.78, 5) is 0. The van der Waals surface area contributed by atoms with Crippen molar-refractivity contribution in [2.75, 3.05) is 11.9 Å². The summed E-state index contributed by atoms with van der Waals surface area (Å²) >= 11 is 15.7. The summed E-state index contributed by atoms with van der Waals surface area (Å²) in [6.45, 7) is 5.66. The maximum absolute atomic E-state index is 6.09. The maximum Gasteiger partial charge on any atom is 0.175 e. The van der Waals surface area contributed by atoms with Crippen LogP contribution in [-0.2, 0) is 13.2 Å². The Labute approximate surface area is 190 Å². The third-order valence-corrected chi connectivity index (χ3v) is 5.62. The predicted molar refractivity (Wildman–Crippen MR) is 125 cm³/mol. The third kappa shape index (κ3) is 6.05. The number of rotatable bonds is 8. The molecule has 0 radical (unpaired) electrons. The van der Waals surface area contributed by atoms with Crippen molar-refractivity contribution >= 4 is 44.8 Å². The van der Waals surface area contributed by atoms with Crippen molar-refractivity contribution < 1.29 is 9.47 Å². The van der Waals surface area contributed by atoms with Crippen molar-refractivity contribution in [3.05, 3.63) is 85.8 Å². The van der Waals surface area contributed by atoms with Crippen LogP contribution in [0.15, 0.2) is 59.1 Å². The quantitative estimate of drug-likeness (QED) is 0.348. The number of aryl methyl sites for hydroxylation is 1. The SMILES string of the molecule is CCOc1cc(CNc2ccc(Cl)c(Cl)c2)cc(Br)c1OCc1ccc(C)cc1. The van der Waals surface area contributed by atoms with Crippen LogP contribution in [0.25, 0.3) is 0 Å². The first-order valence-electron chi connectivity index (χ1n) is 9.28. The van der Waals surface area contributed by atoms with Crippen LogP contribution in [0.4, 0.5) is 5.69 Å². The lowest BCUT2D eigenvalue weighted by Crippen LogP contribution is -2.04. The smallest absolute Gasteiger partial charge is 0.175 e. The van der Waals surface area contributed by atoms with E-state index in [2.05, 4.69) is 52.4 Å². The highest BCUT2D eigenvalue weighted by Gasteiger charge is 2.13. The maximum atomic E-state index is 6.09. The summed E-state index contributed by atoms with van der Waals surface area (Å²) in [6, 6.07) is 17.8. The number of hydrogen-bond donors (Lipinski definition) is 1. The molecule has 1 N–H and O–H groups in total. The minimum Gasteiger partial charge on any atom is -0.490 e. The summed E-state index contributed by atoms with van der Waals surface area (Å²) in [5, 5.41) is 4.40. The van der Waals surface area contributed by atoms with Crippen LogP contribution < -0.4 is 14.8 Å². The molecule has 0 unspecified atom stereocenters. The molecule has 0 spiro atoms. The molecular weight excluding hydrogens is 473 g/mol.